The molecule has 1 aromatic heterocycles. The van der Waals surface area contributed by atoms with E-state index in [4.69, 9.17) is 0 Å². The Hall–Kier alpha value is -2.36. The van der Waals surface area contributed by atoms with Crippen LogP contribution in [0.2, 0.25) is 0 Å². The summed E-state index contributed by atoms with van der Waals surface area (Å²) in [6.45, 7) is 4.26. The van der Waals surface area contributed by atoms with Crippen LogP contribution in [0.15, 0.2) is 42.7 Å². The quantitative estimate of drug-likeness (QED) is 0.937. The molecule has 0 saturated heterocycles. The van der Waals surface area contributed by atoms with Crippen LogP contribution in [-0.2, 0) is 13.0 Å². The van der Waals surface area contributed by atoms with E-state index < -0.39 is 0 Å². The number of fused-ring (bicyclic) bond motifs is 1. The van der Waals surface area contributed by atoms with Gasteiger partial charge in [-0.05, 0) is 48.7 Å². The lowest BCUT2D eigenvalue weighted by molar-refractivity contribution is 0.0752. The first-order valence-electron chi connectivity index (χ1n) is 7.33. The molecule has 0 unspecified atom stereocenters. The van der Waals surface area contributed by atoms with Crippen molar-refractivity contribution < 1.29 is 4.79 Å². The van der Waals surface area contributed by atoms with Gasteiger partial charge in [0.05, 0.1) is 0 Å². The zero-order chi connectivity index (χ0) is 14.7. The minimum atomic E-state index is 0.0748. The largest absolute Gasteiger partial charge is 0.384 e. The van der Waals surface area contributed by atoms with Gasteiger partial charge in [0.2, 0.25) is 0 Å². The molecule has 0 atom stereocenters. The third-order valence-electron chi connectivity index (χ3n) is 3.86. The van der Waals surface area contributed by atoms with Crippen LogP contribution in [0.5, 0.6) is 0 Å². The number of pyridine rings is 1. The van der Waals surface area contributed by atoms with Gasteiger partial charge in [-0.1, -0.05) is 6.07 Å². The van der Waals surface area contributed by atoms with Gasteiger partial charge in [0.15, 0.2) is 0 Å². The Morgan fingerprint density at radius 1 is 1.29 bits per heavy atom. The highest BCUT2D eigenvalue weighted by Gasteiger charge is 2.17. The van der Waals surface area contributed by atoms with Crippen LogP contribution in [0, 0.1) is 0 Å². The Kier molecular flexibility index (Phi) is 3.86. The van der Waals surface area contributed by atoms with E-state index in [1.165, 1.54) is 5.56 Å². The maximum Gasteiger partial charge on any atom is 0.254 e. The van der Waals surface area contributed by atoms with Gasteiger partial charge in [-0.3, -0.25) is 9.78 Å². The molecule has 1 aliphatic heterocycles. The van der Waals surface area contributed by atoms with E-state index in [1.54, 1.807) is 12.4 Å². The van der Waals surface area contributed by atoms with E-state index in [9.17, 15) is 4.79 Å². The number of benzene rings is 1. The summed E-state index contributed by atoms with van der Waals surface area (Å²) in [6, 6.07) is 9.85. The number of hydrogen-bond donors (Lipinski definition) is 1. The highest BCUT2D eigenvalue weighted by molar-refractivity contribution is 5.95. The number of aromatic nitrogens is 1. The fourth-order valence-electron chi connectivity index (χ4n) is 2.64. The number of rotatable bonds is 4. The van der Waals surface area contributed by atoms with E-state index in [0.717, 1.165) is 29.8 Å². The van der Waals surface area contributed by atoms with E-state index >= 15 is 0 Å². The highest BCUT2D eigenvalue weighted by atomic mass is 16.2. The van der Waals surface area contributed by atoms with E-state index in [-0.39, 0.29) is 5.91 Å². The fraction of sp³-hybridized carbons (Fsp3) is 0.294. The van der Waals surface area contributed by atoms with Gasteiger partial charge >= 0.3 is 0 Å². The number of anilines is 1. The zero-order valence-electron chi connectivity index (χ0n) is 12.2. The number of hydrogen-bond acceptors (Lipinski definition) is 3. The minimum absolute atomic E-state index is 0.0748. The van der Waals surface area contributed by atoms with Crippen molar-refractivity contribution in [2.75, 3.05) is 18.4 Å². The zero-order valence-corrected chi connectivity index (χ0v) is 12.2. The maximum atomic E-state index is 12.7. The lowest BCUT2D eigenvalue weighted by atomic mass is 10.1. The summed E-state index contributed by atoms with van der Waals surface area (Å²) in [5.74, 6) is 0.0748. The third-order valence-corrected chi connectivity index (χ3v) is 3.86. The maximum absolute atomic E-state index is 12.7. The highest BCUT2D eigenvalue weighted by Crippen LogP contribution is 2.24. The van der Waals surface area contributed by atoms with Crippen LogP contribution in [-0.4, -0.2) is 28.9 Å². The molecule has 4 nitrogen and oxygen atoms in total. The van der Waals surface area contributed by atoms with Crippen molar-refractivity contribution in [2.24, 2.45) is 0 Å². The van der Waals surface area contributed by atoms with Gasteiger partial charge in [-0.15, -0.1) is 0 Å². The molecule has 0 spiro atoms. The number of amides is 1. The Balaban J connectivity index is 1.79. The Labute approximate surface area is 124 Å². The summed E-state index contributed by atoms with van der Waals surface area (Å²) in [5, 5.41) is 3.32. The lowest BCUT2D eigenvalue weighted by Crippen LogP contribution is -2.30. The summed E-state index contributed by atoms with van der Waals surface area (Å²) in [6.07, 6.45) is 4.55. The second-order valence-electron chi connectivity index (χ2n) is 5.22. The first kappa shape index (κ1) is 13.6. The van der Waals surface area contributed by atoms with Gasteiger partial charge in [0.1, 0.15) is 0 Å². The van der Waals surface area contributed by atoms with Crippen molar-refractivity contribution in [2.45, 2.75) is 19.9 Å². The molecule has 0 saturated carbocycles. The molecule has 0 bridgehead atoms. The van der Waals surface area contributed by atoms with Crippen LogP contribution in [0.4, 0.5) is 5.69 Å². The second kappa shape index (κ2) is 5.95. The standard InChI is InChI=1S/C17H19N3O/c1-2-20(12-13-5-8-18-9-6-13)17(21)15-4-3-14-7-10-19-16(14)11-15/h3-6,8-9,11,19H,2,7,10,12H2,1H3. The van der Waals surface area contributed by atoms with Gasteiger partial charge in [-0.25, -0.2) is 0 Å². The van der Waals surface area contributed by atoms with Crippen LogP contribution >= 0.6 is 0 Å². The van der Waals surface area contributed by atoms with Crippen molar-refractivity contribution in [3.63, 3.8) is 0 Å². The SMILES string of the molecule is CCN(Cc1ccncc1)C(=O)c1ccc2c(c1)NCC2. The van der Waals surface area contributed by atoms with Crippen molar-refractivity contribution >= 4 is 11.6 Å². The molecular formula is C17H19N3O. The second-order valence-corrected chi connectivity index (χ2v) is 5.22. The number of carbonyl (C=O) groups excluding carboxylic acids is 1. The van der Waals surface area contributed by atoms with E-state index in [0.29, 0.717) is 13.1 Å². The van der Waals surface area contributed by atoms with Gasteiger partial charge in [0, 0.05) is 43.3 Å². The molecule has 21 heavy (non-hydrogen) atoms. The van der Waals surface area contributed by atoms with Crippen molar-refractivity contribution in [3.05, 3.63) is 59.4 Å². The summed E-state index contributed by atoms with van der Waals surface area (Å²) >= 11 is 0. The molecular weight excluding hydrogens is 262 g/mol. The first-order chi connectivity index (χ1) is 10.3. The molecule has 2 heterocycles. The first-order valence-corrected chi connectivity index (χ1v) is 7.33. The molecule has 108 valence electrons. The molecule has 0 aliphatic carbocycles. The fourth-order valence-corrected chi connectivity index (χ4v) is 2.64. The van der Waals surface area contributed by atoms with Crippen molar-refractivity contribution in [3.8, 4) is 0 Å². The van der Waals surface area contributed by atoms with Gasteiger partial charge < -0.3 is 10.2 Å². The average Bonchev–Trinajstić information content (AvgIpc) is 3.00. The van der Waals surface area contributed by atoms with Crippen molar-refractivity contribution in [1.82, 2.24) is 9.88 Å². The minimum Gasteiger partial charge on any atom is -0.384 e. The molecule has 1 amide bonds. The molecule has 1 aliphatic rings. The number of carbonyl (C=O) groups is 1. The number of nitrogens with zero attached hydrogens (tertiary/aromatic N) is 2. The average molecular weight is 281 g/mol. The van der Waals surface area contributed by atoms with E-state index in [2.05, 4.69) is 16.4 Å². The molecule has 0 fully saturated rings. The predicted octanol–water partition coefficient (Wildman–Crippen LogP) is 2.71. The predicted molar refractivity (Wildman–Crippen MR) is 83.3 cm³/mol. The third kappa shape index (κ3) is 2.89. The normalized spacial score (nSPS) is 12.6. The number of nitrogens with one attached hydrogen (secondary N) is 1. The Morgan fingerprint density at radius 2 is 2.10 bits per heavy atom. The Bertz CT molecular complexity index is 640. The summed E-state index contributed by atoms with van der Waals surface area (Å²) < 4.78 is 0. The smallest absolute Gasteiger partial charge is 0.254 e. The molecule has 1 aromatic carbocycles. The summed E-state index contributed by atoms with van der Waals surface area (Å²) in [5.41, 5.74) is 4.24. The van der Waals surface area contributed by atoms with E-state index in [1.807, 2.05) is 36.1 Å². The molecule has 2 aromatic rings. The van der Waals surface area contributed by atoms with Crippen LogP contribution < -0.4 is 5.32 Å². The van der Waals surface area contributed by atoms with Gasteiger partial charge in [0.25, 0.3) is 5.91 Å². The lowest BCUT2D eigenvalue weighted by Gasteiger charge is -2.21. The Morgan fingerprint density at radius 3 is 2.86 bits per heavy atom. The van der Waals surface area contributed by atoms with Crippen LogP contribution in [0.3, 0.4) is 0 Å². The molecule has 4 heteroatoms. The molecule has 0 radical (unpaired) electrons. The molecule has 3 rings (SSSR count). The van der Waals surface area contributed by atoms with Crippen LogP contribution in [0.1, 0.15) is 28.4 Å². The van der Waals surface area contributed by atoms with Crippen LogP contribution in [0.25, 0.3) is 0 Å². The van der Waals surface area contributed by atoms with Crippen molar-refractivity contribution in [1.29, 1.82) is 0 Å². The monoisotopic (exact) mass is 281 g/mol. The van der Waals surface area contributed by atoms with Gasteiger partial charge in [-0.2, -0.15) is 0 Å². The topological polar surface area (TPSA) is 45.2 Å². The summed E-state index contributed by atoms with van der Waals surface area (Å²) in [7, 11) is 0. The molecule has 1 N–H and O–H groups in total. The summed E-state index contributed by atoms with van der Waals surface area (Å²) in [4.78, 5) is 18.5.